The molecule has 0 amide bonds. The van der Waals surface area contributed by atoms with Crippen molar-refractivity contribution in [3.63, 3.8) is 0 Å². The summed E-state index contributed by atoms with van der Waals surface area (Å²) in [6.07, 6.45) is -5.50. The smallest absolute Gasteiger partial charge is 0.433 e. The summed E-state index contributed by atoms with van der Waals surface area (Å²) in [6.45, 7) is 0. The van der Waals surface area contributed by atoms with Gasteiger partial charge in [0.2, 0.25) is 5.95 Å². The number of rotatable bonds is 4. The van der Waals surface area contributed by atoms with E-state index in [2.05, 4.69) is 15.3 Å². The number of halogens is 3. The van der Waals surface area contributed by atoms with Gasteiger partial charge < -0.3 is 20.4 Å². The van der Waals surface area contributed by atoms with Gasteiger partial charge in [-0.15, -0.1) is 0 Å². The lowest BCUT2D eigenvalue weighted by Crippen LogP contribution is -2.29. The fourth-order valence-corrected chi connectivity index (χ4v) is 2.41. The van der Waals surface area contributed by atoms with Gasteiger partial charge in [-0.25, -0.2) is 4.98 Å². The molecule has 1 aliphatic carbocycles. The highest BCUT2D eigenvalue weighted by Crippen LogP contribution is 2.32. The Bertz CT molecular complexity index is 594. The van der Waals surface area contributed by atoms with Gasteiger partial charge in [0, 0.05) is 20.2 Å². The molecule has 128 valence electrons. The Morgan fingerprint density at radius 3 is 2.48 bits per heavy atom. The Morgan fingerprint density at radius 1 is 1.35 bits per heavy atom. The van der Waals surface area contributed by atoms with Gasteiger partial charge in [-0.2, -0.15) is 18.2 Å². The van der Waals surface area contributed by atoms with E-state index in [0.717, 1.165) is 6.07 Å². The van der Waals surface area contributed by atoms with Crippen LogP contribution < -0.4 is 10.2 Å². The topological polar surface area (TPSA) is 98.6 Å². The summed E-state index contributed by atoms with van der Waals surface area (Å²) in [7, 11) is 3.08. The lowest BCUT2D eigenvalue weighted by molar-refractivity contribution is -0.142. The predicted octanol–water partition coefficient (Wildman–Crippen LogP) is 1.20. The third-order valence-corrected chi connectivity index (χ3v) is 3.65. The fraction of sp³-hybridized carbons (Fsp3) is 0.615. The van der Waals surface area contributed by atoms with E-state index in [1.54, 1.807) is 0 Å². The summed E-state index contributed by atoms with van der Waals surface area (Å²) >= 11 is 0. The minimum absolute atomic E-state index is 0.0342. The number of alkyl halides is 3. The largest absolute Gasteiger partial charge is 0.481 e. The van der Waals surface area contributed by atoms with Crippen LogP contribution in [-0.4, -0.2) is 52.4 Å². The molecule has 3 unspecified atom stereocenters. The van der Waals surface area contributed by atoms with Crippen LogP contribution >= 0.6 is 0 Å². The Balaban J connectivity index is 2.25. The third kappa shape index (κ3) is 4.01. The number of nitrogens with zero attached hydrogens (tertiary/aromatic N) is 3. The van der Waals surface area contributed by atoms with Crippen LogP contribution in [0.5, 0.6) is 0 Å². The summed E-state index contributed by atoms with van der Waals surface area (Å²) in [6, 6.07) is 0.102. The quantitative estimate of drug-likeness (QED) is 0.761. The van der Waals surface area contributed by atoms with Crippen LogP contribution in [0.2, 0.25) is 0 Å². The van der Waals surface area contributed by atoms with E-state index in [1.807, 2.05) is 0 Å². The highest BCUT2D eigenvalue weighted by Gasteiger charge is 2.38. The Morgan fingerprint density at radius 2 is 2.00 bits per heavy atom. The van der Waals surface area contributed by atoms with E-state index in [0.29, 0.717) is 0 Å². The van der Waals surface area contributed by atoms with E-state index >= 15 is 0 Å². The van der Waals surface area contributed by atoms with Gasteiger partial charge in [-0.3, -0.25) is 4.79 Å². The van der Waals surface area contributed by atoms with Crippen LogP contribution in [0.25, 0.3) is 0 Å². The molecule has 1 heterocycles. The lowest BCUT2D eigenvalue weighted by atomic mass is 10.1. The van der Waals surface area contributed by atoms with E-state index in [4.69, 9.17) is 5.11 Å². The van der Waals surface area contributed by atoms with E-state index in [-0.39, 0.29) is 24.6 Å². The zero-order chi connectivity index (χ0) is 17.4. The van der Waals surface area contributed by atoms with Crippen LogP contribution in [-0.2, 0) is 11.0 Å². The van der Waals surface area contributed by atoms with Crippen molar-refractivity contribution < 1.29 is 28.2 Å². The predicted molar refractivity (Wildman–Crippen MR) is 75.1 cm³/mol. The second kappa shape index (κ2) is 6.19. The highest BCUT2D eigenvalue weighted by atomic mass is 19.4. The van der Waals surface area contributed by atoms with Crippen molar-refractivity contribution in [3.8, 4) is 0 Å². The van der Waals surface area contributed by atoms with Crippen molar-refractivity contribution in [2.24, 2.45) is 5.92 Å². The summed E-state index contributed by atoms with van der Waals surface area (Å²) in [5.74, 6) is -2.04. The molecule has 0 bridgehead atoms. The van der Waals surface area contributed by atoms with Crippen molar-refractivity contribution >= 4 is 17.7 Å². The SMILES string of the molecule is CN(C)c1cc(C(F)(F)F)nc(NC2CC(C(=O)O)CC2O)n1. The zero-order valence-electron chi connectivity index (χ0n) is 12.5. The van der Waals surface area contributed by atoms with Crippen molar-refractivity contribution in [3.05, 3.63) is 11.8 Å². The number of aliphatic carboxylic acids is 1. The maximum Gasteiger partial charge on any atom is 0.433 e. The van der Waals surface area contributed by atoms with Crippen molar-refractivity contribution in [2.75, 3.05) is 24.3 Å². The summed E-state index contributed by atoms with van der Waals surface area (Å²) in [5, 5.41) is 21.4. The van der Waals surface area contributed by atoms with Crippen molar-refractivity contribution in [1.29, 1.82) is 0 Å². The zero-order valence-corrected chi connectivity index (χ0v) is 12.5. The average Bonchev–Trinajstić information content (AvgIpc) is 2.79. The first-order valence-corrected chi connectivity index (χ1v) is 6.89. The van der Waals surface area contributed by atoms with Crippen molar-refractivity contribution in [1.82, 2.24) is 9.97 Å². The standard InChI is InChI=1S/C13H17F3N4O3/c1-20(2)10-5-9(13(14,15)16)18-12(19-10)17-7-3-6(11(22)23)4-8(7)21/h5-8,21H,3-4H2,1-2H3,(H,22,23)(H,17,18,19). The Kier molecular flexibility index (Phi) is 4.64. The first-order chi connectivity index (χ1) is 10.6. The van der Waals surface area contributed by atoms with Crippen LogP contribution in [0, 0.1) is 5.92 Å². The molecule has 0 spiro atoms. The number of aliphatic hydroxyl groups is 1. The highest BCUT2D eigenvalue weighted by molar-refractivity contribution is 5.70. The van der Waals surface area contributed by atoms with Crippen LogP contribution in [0.3, 0.4) is 0 Å². The molecular weight excluding hydrogens is 317 g/mol. The molecule has 1 aliphatic rings. The summed E-state index contributed by atoms with van der Waals surface area (Å²) in [4.78, 5) is 19.7. The number of hydrogen-bond donors (Lipinski definition) is 3. The second-order valence-electron chi connectivity index (χ2n) is 5.65. The molecule has 2 rings (SSSR count). The number of carbonyl (C=O) groups is 1. The summed E-state index contributed by atoms with van der Waals surface area (Å²) < 4.78 is 38.7. The van der Waals surface area contributed by atoms with E-state index in [9.17, 15) is 23.1 Å². The molecule has 3 atom stereocenters. The number of carboxylic acids is 1. The van der Waals surface area contributed by atoms with E-state index < -0.39 is 35.9 Å². The Hall–Kier alpha value is -2.10. The molecule has 1 aromatic heterocycles. The van der Waals surface area contributed by atoms with E-state index in [1.165, 1.54) is 19.0 Å². The number of hydrogen-bond acceptors (Lipinski definition) is 6. The molecule has 23 heavy (non-hydrogen) atoms. The number of anilines is 2. The minimum atomic E-state index is -4.64. The van der Waals surface area contributed by atoms with Gasteiger partial charge in [0.1, 0.15) is 5.82 Å². The number of aromatic nitrogens is 2. The number of aliphatic hydroxyl groups excluding tert-OH is 1. The maximum absolute atomic E-state index is 12.9. The maximum atomic E-state index is 12.9. The summed E-state index contributed by atoms with van der Waals surface area (Å²) in [5.41, 5.74) is -1.11. The molecule has 10 heteroatoms. The second-order valence-corrected chi connectivity index (χ2v) is 5.65. The van der Waals surface area contributed by atoms with Gasteiger partial charge in [-0.05, 0) is 12.8 Å². The molecule has 0 aliphatic heterocycles. The molecule has 0 saturated heterocycles. The lowest BCUT2D eigenvalue weighted by Gasteiger charge is -2.19. The monoisotopic (exact) mass is 334 g/mol. The molecule has 7 nitrogen and oxygen atoms in total. The average molecular weight is 334 g/mol. The van der Waals surface area contributed by atoms with Crippen LogP contribution in [0.4, 0.5) is 24.9 Å². The number of nitrogens with one attached hydrogen (secondary N) is 1. The molecule has 0 aromatic carbocycles. The molecule has 0 radical (unpaired) electrons. The fourth-order valence-electron chi connectivity index (χ4n) is 2.41. The first kappa shape index (κ1) is 17.3. The van der Waals surface area contributed by atoms with Crippen molar-refractivity contribution in [2.45, 2.75) is 31.2 Å². The molecule has 1 aromatic rings. The normalized spacial score (nSPS) is 24.5. The van der Waals surface area contributed by atoms with Gasteiger partial charge in [0.25, 0.3) is 0 Å². The first-order valence-electron chi connectivity index (χ1n) is 6.89. The molecular formula is C13H17F3N4O3. The van der Waals surface area contributed by atoms with Crippen LogP contribution in [0.15, 0.2) is 6.07 Å². The minimum Gasteiger partial charge on any atom is -0.481 e. The third-order valence-electron chi connectivity index (χ3n) is 3.65. The molecule has 1 fully saturated rings. The van der Waals surface area contributed by atoms with Gasteiger partial charge >= 0.3 is 12.1 Å². The van der Waals surface area contributed by atoms with Gasteiger partial charge in [0.15, 0.2) is 5.69 Å². The number of carboxylic acid groups (broad SMARTS) is 1. The molecule has 3 N–H and O–H groups in total. The molecule has 1 saturated carbocycles. The Labute approximate surface area is 130 Å². The van der Waals surface area contributed by atoms with Crippen LogP contribution in [0.1, 0.15) is 18.5 Å². The van der Waals surface area contributed by atoms with Gasteiger partial charge in [-0.1, -0.05) is 0 Å². The van der Waals surface area contributed by atoms with Gasteiger partial charge in [0.05, 0.1) is 18.1 Å².